The fraction of sp³-hybridized carbons (Fsp3) is 0.448. The van der Waals surface area contributed by atoms with Crippen LogP contribution in [0.25, 0.3) is 10.9 Å². The fourth-order valence-corrected chi connectivity index (χ4v) is 4.62. The summed E-state index contributed by atoms with van der Waals surface area (Å²) in [6.45, 7) is 3.63. The summed E-state index contributed by atoms with van der Waals surface area (Å²) in [6.07, 6.45) is 6.95. The molecule has 1 heterocycles. The molecule has 1 aromatic heterocycles. The maximum absolute atomic E-state index is 13.2. The maximum atomic E-state index is 13.2. The van der Waals surface area contributed by atoms with Gasteiger partial charge >= 0.3 is 0 Å². The molecule has 0 spiro atoms. The second-order valence-corrected chi connectivity index (χ2v) is 9.89. The molecule has 3 aromatic rings. The summed E-state index contributed by atoms with van der Waals surface area (Å²) in [6, 6.07) is 16.8. The first-order valence-electron chi connectivity index (χ1n) is 12.7. The Hall–Kier alpha value is -3.28. The molecule has 0 saturated heterocycles. The molecule has 2 aromatic carbocycles. The van der Waals surface area contributed by atoms with Crippen LogP contribution in [0.3, 0.4) is 0 Å². The van der Waals surface area contributed by atoms with Crippen LogP contribution in [0.1, 0.15) is 44.6 Å². The minimum absolute atomic E-state index is 0.209. The van der Waals surface area contributed by atoms with E-state index in [9.17, 15) is 4.79 Å². The van der Waals surface area contributed by atoms with Gasteiger partial charge in [-0.3, -0.25) is 9.78 Å². The molecule has 186 valence electrons. The number of fused-ring (bicyclic) bond motifs is 1. The van der Waals surface area contributed by atoms with E-state index in [4.69, 9.17) is 4.74 Å². The summed E-state index contributed by atoms with van der Waals surface area (Å²) in [5.41, 5.74) is 4.28. The minimum atomic E-state index is 0.209. The zero-order valence-corrected chi connectivity index (χ0v) is 21.5. The lowest BCUT2D eigenvalue weighted by atomic mass is 9.84. The smallest absolute Gasteiger partial charge is 0.225 e. The fourth-order valence-electron chi connectivity index (χ4n) is 4.62. The van der Waals surface area contributed by atoms with Crippen molar-refractivity contribution in [2.24, 2.45) is 5.92 Å². The summed E-state index contributed by atoms with van der Waals surface area (Å²) in [4.78, 5) is 21.9. The van der Waals surface area contributed by atoms with Crippen LogP contribution in [0.5, 0.6) is 5.75 Å². The molecular formula is C29H38N4O2. The number of methoxy groups -OCH3 is 1. The molecule has 1 amide bonds. The predicted octanol–water partition coefficient (Wildman–Crippen LogP) is 5.72. The van der Waals surface area contributed by atoms with Gasteiger partial charge in [-0.05, 0) is 62.4 Å². The Morgan fingerprint density at radius 2 is 1.94 bits per heavy atom. The van der Waals surface area contributed by atoms with Gasteiger partial charge in [0.25, 0.3) is 0 Å². The van der Waals surface area contributed by atoms with Crippen LogP contribution in [0.2, 0.25) is 0 Å². The number of benzene rings is 2. The van der Waals surface area contributed by atoms with Gasteiger partial charge in [0.1, 0.15) is 5.75 Å². The van der Waals surface area contributed by atoms with Crippen molar-refractivity contribution in [3.05, 3.63) is 60.3 Å². The van der Waals surface area contributed by atoms with Crippen LogP contribution >= 0.6 is 0 Å². The molecule has 1 unspecified atom stereocenters. The largest absolute Gasteiger partial charge is 0.497 e. The monoisotopic (exact) mass is 474 g/mol. The lowest BCUT2D eigenvalue weighted by Crippen LogP contribution is -2.39. The Bertz CT molecular complexity index is 1130. The van der Waals surface area contributed by atoms with Gasteiger partial charge < -0.3 is 19.9 Å². The molecule has 35 heavy (non-hydrogen) atoms. The van der Waals surface area contributed by atoms with Crippen LogP contribution in [0.4, 0.5) is 11.4 Å². The Balaban J connectivity index is 1.38. The molecule has 1 N–H and O–H groups in total. The van der Waals surface area contributed by atoms with Crippen molar-refractivity contribution in [3.63, 3.8) is 0 Å². The van der Waals surface area contributed by atoms with Gasteiger partial charge in [-0.15, -0.1) is 0 Å². The molecule has 0 radical (unpaired) electrons. The highest BCUT2D eigenvalue weighted by Gasteiger charge is 2.29. The number of rotatable bonds is 11. The first kappa shape index (κ1) is 24.8. The van der Waals surface area contributed by atoms with E-state index in [1.165, 1.54) is 17.7 Å². The number of carbonyl (C=O) groups is 1. The summed E-state index contributed by atoms with van der Waals surface area (Å²) in [5, 5.41) is 4.68. The predicted molar refractivity (Wildman–Crippen MR) is 144 cm³/mol. The number of carbonyl (C=O) groups excluding carboxylic acids is 1. The molecule has 1 fully saturated rings. The van der Waals surface area contributed by atoms with E-state index in [0.29, 0.717) is 12.5 Å². The first-order valence-corrected chi connectivity index (χ1v) is 12.7. The van der Waals surface area contributed by atoms with Gasteiger partial charge in [-0.2, -0.15) is 0 Å². The molecular weight excluding hydrogens is 436 g/mol. The van der Waals surface area contributed by atoms with Crippen LogP contribution in [-0.4, -0.2) is 49.6 Å². The number of hydrogen-bond acceptors (Lipinski definition) is 5. The van der Waals surface area contributed by atoms with Crippen LogP contribution < -0.4 is 15.0 Å². The molecule has 6 nitrogen and oxygen atoms in total. The highest BCUT2D eigenvalue weighted by atomic mass is 16.5. The van der Waals surface area contributed by atoms with Crippen molar-refractivity contribution in [1.82, 2.24) is 9.88 Å². The van der Waals surface area contributed by atoms with Crippen molar-refractivity contribution in [1.29, 1.82) is 0 Å². The van der Waals surface area contributed by atoms with E-state index in [-0.39, 0.29) is 12.0 Å². The Kier molecular flexibility index (Phi) is 8.11. The quantitative estimate of drug-likeness (QED) is 0.385. The molecule has 1 saturated carbocycles. The van der Waals surface area contributed by atoms with Crippen molar-refractivity contribution in [2.75, 3.05) is 38.0 Å². The van der Waals surface area contributed by atoms with Crippen LogP contribution in [-0.2, 0) is 11.3 Å². The number of nitrogens with one attached hydrogen (secondary N) is 1. The molecule has 1 aliphatic rings. The minimum Gasteiger partial charge on any atom is -0.497 e. The molecule has 1 atom stereocenters. The lowest BCUT2D eigenvalue weighted by Gasteiger charge is -2.32. The second kappa shape index (κ2) is 11.4. The summed E-state index contributed by atoms with van der Waals surface area (Å²) in [7, 11) is 5.77. The average Bonchev–Trinajstić information content (AvgIpc) is 2.82. The highest BCUT2D eigenvalue weighted by Crippen LogP contribution is 2.30. The average molecular weight is 475 g/mol. The molecule has 4 rings (SSSR count). The lowest BCUT2D eigenvalue weighted by molar-refractivity contribution is -0.138. The van der Waals surface area contributed by atoms with Gasteiger partial charge in [0.05, 0.1) is 18.3 Å². The summed E-state index contributed by atoms with van der Waals surface area (Å²) in [5.74, 6) is 1.34. The van der Waals surface area contributed by atoms with Crippen LogP contribution in [0.15, 0.2) is 54.7 Å². The summed E-state index contributed by atoms with van der Waals surface area (Å²) < 4.78 is 5.48. The Morgan fingerprint density at radius 1 is 1.17 bits per heavy atom. The first-order chi connectivity index (χ1) is 16.9. The van der Waals surface area contributed by atoms with Crippen molar-refractivity contribution in [3.8, 4) is 5.75 Å². The third-order valence-corrected chi connectivity index (χ3v) is 6.97. The van der Waals surface area contributed by atoms with Gasteiger partial charge in [0.15, 0.2) is 0 Å². The van der Waals surface area contributed by atoms with E-state index in [1.54, 1.807) is 7.11 Å². The summed E-state index contributed by atoms with van der Waals surface area (Å²) >= 11 is 0. The standard InChI is InChI=1S/C29H38N4O2/c1-21(31-27-19-26(35-4)18-24-11-6-16-30-28(24)27)8-7-17-33(29(34)23-9-5-10-23)20-22-12-14-25(15-13-22)32(2)3/h6,11-16,18-19,21,23,31H,5,7-10,17,20H2,1-4H3. The Morgan fingerprint density at radius 3 is 2.60 bits per heavy atom. The van der Waals surface area contributed by atoms with Crippen molar-refractivity contribution < 1.29 is 9.53 Å². The topological polar surface area (TPSA) is 57.7 Å². The van der Waals surface area contributed by atoms with Gasteiger partial charge in [-0.1, -0.05) is 24.6 Å². The second-order valence-electron chi connectivity index (χ2n) is 9.89. The van der Waals surface area contributed by atoms with E-state index in [1.807, 2.05) is 38.5 Å². The zero-order chi connectivity index (χ0) is 24.8. The molecule has 6 heteroatoms. The van der Waals surface area contributed by atoms with Crippen molar-refractivity contribution in [2.45, 2.75) is 51.6 Å². The van der Waals surface area contributed by atoms with E-state index < -0.39 is 0 Å². The van der Waals surface area contributed by atoms with E-state index in [0.717, 1.165) is 54.6 Å². The van der Waals surface area contributed by atoms with Gasteiger partial charge in [0.2, 0.25) is 5.91 Å². The number of ether oxygens (including phenoxy) is 1. The molecule has 0 bridgehead atoms. The SMILES string of the molecule is COc1cc(NC(C)CCCN(Cc2ccc(N(C)C)cc2)C(=O)C2CCC2)c2ncccc2c1. The van der Waals surface area contributed by atoms with Crippen LogP contribution in [0, 0.1) is 5.92 Å². The van der Waals surface area contributed by atoms with E-state index in [2.05, 4.69) is 57.4 Å². The third kappa shape index (κ3) is 6.24. The number of anilines is 2. The van der Waals surface area contributed by atoms with E-state index >= 15 is 0 Å². The Labute approximate surface area is 209 Å². The van der Waals surface area contributed by atoms with Gasteiger partial charge in [-0.25, -0.2) is 0 Å². The molecule has 1 aliphatic carbocycles. The maximum Gasteiger partial charge on any atom is 0.225 e. The number of nitrogens with zero attached hydrogens (tertiary/aromatic N) is 3. The number of aromatic nitrogens is 1. The third-order valence-electron chi connectivity index (χ3n) is 6.97. The normalized spacial score (nSPS) is 14.3. The number of amides is 1. The van der Waals surface area contributed by atoms with Crippen molar-refractivity contribution >= 4 is 28.2 Å². The highest BCUT2D eigenvalue weighted by molar-refractivity contribution is 5.91. The zero-order valence-electron chi connectivity index (χ0n) is 21.5. The number of hydrogen-bond donors (Lipinski definition) is 1. The van der Waals surface area contributed by atoms with Gasteiger partial charge in [0, 0.05) is 62.5 Å². The molecule has 0 aliphatic heterocycles. The number of pyridine rings is 1.